The van der Waals surface area contributed by atoms with Crippen LogP contribution >= 0.6 is 0 Å². The third-order valence-electron chi connectivity index (χ3n) is 7.73. The van der Waals surface area contributed by atoms with Gasteiger partial charge < -0.3 is 29.2 Å². The number of hydrogen-bond donors (Lipinski definition) is 1. The Hall–Kier alpha value is -4.14. The van der Waals surface area contributed by atoms with E-state index in [-0.39, 0.29) is 25.1 Å². The van der Waals surface area contributed by atoms with Crippen LogP contribution in [0, 0.1) is 5.82 Å². The molecule has 0 saturated carbocycles. The number of hydrogen-bond acceptors (Lipinski definition) is 10. The van der Waals surface area contributed by atoms with Crippen LogP contribution in [0.4, 0.5) is 4.39 Å². The van der Waals surface area contributed by atoms with Crippen LogP contribution in [-0.2, 0) is 25.6 Å². The maximum atomic E-state index is 14.0. The van der Waals surface area contributed by atoms with E-state index in [1.807, 2.05) is 0 Å². The summed E-state index contributed by atoms with van der Waals surface area (Å²) < 4.78 is 35.7. The monoisotopic (exact) mass is 611 g/mol. The second-order valence-corrected chi connectivity index (χ2v) is 10.6. The Balaban J connectivity index is 1.39. The molecule has 13 nitrogen and oxygen atoms in total. The number of benzene rings is 2. The van der Waals surface area contributed by atoms with Crippen LogP contribution in [0.3, 0.4) is 0 Å². The van der Waals surface area contributed by atoms with E-state index in [9.17, 15) is 14.0 Å². The van der Waals surface area contributed by atoms with Gasteiger partial charge in [0.25, 0.3) is 0 Å². The van der Waals surface area contributed by atoms with E-state index in [0.29, 0.717) is 74.5 Å². The lowest BCUT2D eigenvalue weighted by Gasteiger charge is -2.34. The average molecular weight is 612 g/mol. The topological polar surface area (TPSA) is 133 Å². The van der Waals surface area contributed by atoms with E-state index < -0.39 is 17.8 Å². The maximum Gasteiger partial charge on any atom is 0.247 e. The van der Waals surface area contributed by atoms with Crippen molar-refractivity contribution in [3.63, 3.8) is 0 Å². The number of carbonyl (C=O) groups is 2. The van der Waals surface area contributed by atoms with Crippen LogP contribution in [0.2, 0.25) is 0 Å². The Labute approximate surface area is 255 Å². The molecular weight excluding hydrogens is 573 g/mol. The van der Waals surface area contributed by atoms with Crippen LogP contribution < -0.4 is 14.8 Å². The van der Waals surface area contributed by atoms with Crippen molar-refractivity contribution in [2.45, 2.75) is 31.5 Å². The molecule has 1 aromatic heterocycles. The molecule has 1 N–H and O–H groups in total. The highest BCUT2D eigenvalue weighted by molar-refractivity contribution is 5.88. The number of tetrazole rings is 1. The molecule has 2 atom stereocenters. The van der Waals surface area contributed by atoms with Crippen molar-refractivity contribution in [2.75, 3.05) is 66.8 Å². The number of nitrogens with one attached hydrogen (secondary N) is 1. The third-order valence-corrected chi connectivity index (χ3v) is 7.73. The zero-order valence-corrected chi connectivity index (χ0v) is 25.0. The van der Waals surface area contributed by atoms with Crippen molar-refractivity contribution in [3.8, 4) is 22.9 Å². The van der Waals surface area contributed by atoms with Crippen LogP contribution in [0.15, 0.2) is 42.5 Å². The van der Waals surface area contributed by atoms with Gasteiger partial charge in [0.15, 0.2) is 11.5 Å². The highest BCUT2D eigenvalue weighted by Crippen LogP contribution is 2.31. The number of morpholine rings is 1. The molecule has 3 heterocycles. The van der Waals surface area contributed by atoms with E-state index in [0.717, 1.165) is 12.8 Å². The van der Waals surface area contributed by atoms with Gasteiger partial charge in [-0.2, -0.15) is 4.80 Å². The third kappa shape index (κ3) is 7.87. The SMILES string of the molecule is COc1ccc(-c2nnn(CC(=O)N(CCN3CCOCC3)[C@H](C(=O)NC[C@H]3CCCO3)c3ccc(F)cc3)n2)cc1OC. The van der Waals surface area contributed by atoms with Crippen molar-refractivity contribution in [1.29, 1.82) is 0 Å². The van der Waals surface area contributed by atoms with E-state index in [1.54, 1.807) is 25.3 Å². The standard InChI is InChI=1S/C30H38FN7O6/c1-41-25-10-7-22(18-26(25)42-2)29-33-35-38(34-29)20-27(39)37(12-11-36-13-16-43-17-14-36)28(21-5-8-23(31)9-6-21)30(40)32-19-24-4-3-15-44-24/h5-10,18,24,28H,3-4,11-17,19-20H2,1-2H3,(H,32,40)/t24-,28+/m1/s1. The Morgan fingerprint density at radius 2 is 1.86 bits per heavy atom. The number of ether oxygens (including phenoxy) is 4. The van der Waals surface area contributed by atoms with Gasteiger partial charge in [0.1, 0.15) is 18.4 Å². The Morgan fingerprint density at radius 1 is 1.09 bits per heavy atom. The van der Waals surface area contributed by atoms with Crippen molar-refractivity contribution in [1.82, 2.24) is 35.3 Å². The summed E-state index contributed by atoms with van der Waals surface area (Å²) in [6.45, 7) is 4.10. The van der Waals surface area contributed by atoms with Crippen molar-refractivity contribution in [2.24, 2.45) is 0 Å². The number of aromatic nitrogens is 4. The van der Waals surface area contributed by atoms with E-state index in [1.165, 1.54) is 41.1 Å². The smallest absolute Gasteiger partial charge is 0.247 e. The second kappa shape index (κ2) is 15.0. The molecule has 44 heavy (non-hydrogen) atoms. The van der Waals surface area contributed by atoms with Crippen molar-refractivity contribution < 1.29 is 32.9 Å². The van der Waals surface area contributed by atoms with Crippen LogP contribution in [0.1, 0.15) is 24.4 Å². The molecule has 2 amide bonds. The fourth-order valence-corrected chi connectivity index (χ4v) is 5.32. The summed E-state index contributed by atoms with van der Waals surface area (Å²) in [4.78, 5) is 32.7. The van der Waals surface area contributed by atoms with Crippen LogP contribution in [0.5, 0.6) is 11.5 Å². The molecule has 2 aliphatic heterocycles. The number of nitrogens with zero attached hydrogens (tertiary/aromatic N) is 6. The highest BCUT2D eigenvalue weighted by atomic mass is 19.1. The maximum absolute atomic E-state index is 14.0. The van der Waals surface area contributed by atoms with Gasteiger partial charge in [-0.3, -0.25) is 14.5 Å². The number of methoxy groups -OCH3 is 2. The molecule has 3 aromatic rings. The van der Waals surface area contributed by atoms with E-state index in [2.05, 4.69) is 25.6 Å². The summed E-state index contributed by atoms with van der Waals surface area (Å²) in [5, 5.41) is 15.6. The number of halogens is 1. The lowest BCUT2D eigenvalue weighted by Crippen LogP contribution is -2.49. The Morgan fingerprint density at radius 3 is 2.57 bits per heavy atom. The number of amides is 2. The zero-order valence-electron chi connectivity index (χ0n) is 25.0. The van der Waals surface area contributed by atoms with Gasteiger partial charge in [0.05, 0.1) is 33.5 Å². The van der Waals surface area contributed by atoms with E-state index >= 15 is 0 Å². The molecule has 2 fully saturated rings. The lowest BCUT2D eigenvalue weighted by atomic mass is 10.0. The molecule has 0 bridgehead atoms. The summed E-state index contributed by atoms with van der Waals surface area (Å²) in [5.74, 6) is 0.147. The van der Waals surface area contributed by atoms with E-state index in [4.69, 9.17) is 18.9 Å². The molecule has 236 valence electrons. The van der Waals surface area contributed by atoms with Gasteiger partial charge >= 0.3 is 0 Å². The molecule has 0 unspecified atom stereocenters. The lowest BCUT2D eigenvalue weighted by molar-refractivity contribution is -0.142. The van der Waals surface area contributed by atoms with Crippen molar-refractivity contribution in [3.05, 3.63) is 53.8 Å². The number of rotatable bonds is 13. The number of carbonyl (C=O) groups excluding carboxylic acids is 2. The average Bonchev–Trinajstić information content (AvgIpc) is 3.75. The van der Waals surface area contributed by atoms with Gasteiger partial charge in [-0.15, -0.1) is 10.2 Å². The minimum Gasteiger partial charge on any atom is -0.493 e. The fourth-order valence-electron chi connectivity index (χ4n) is 5.32. The van der Waals surface area contributed by atoms with Gasteiger partial charge in [0.2, 0.25) is 17.6 Å². The van der Waals surface area contributed by atoms with Crippen LogP contribution in [0.25, 0.3) is 11.4 Å². The minimum atomic E-state index is -1.01. The summed E-state index contributed by atoms with van der Waals surface area (Å²) in [6.07, 6.45) is 1.70. The predicted octanol–water partition coefficient (Wildman–Crippen LogP) is 1.69. The summed E-state index contributed by atoms with van der Waals surface area (Å²) in [7, 11) is 3.08. The van der Waals surface area contributed by atoms with Crippen molar-refractivity contribution >= 4 is 11.8 Å². The first-order chi connectivity index (χ1) is 21.4. The normalized spacial score (nSPS) is 17.7. The zero-order chi connectivity index (χ0) is 30.9. The Kier molecular flexibility index (Phi) is 10.7. The predicted molar refractivity (Wildman–Crippen MR) is 156 cm³/mol. The summed E-state index contributed by atoms with van der Waals surface area (Å²) in [5.41, 5.74) is 1.12. The van der Waals surface area contributed by atoms with Gasteiger partial charge in [-0.25, -0.2) is 4.39 Å². The second-order valence-electron chi connectivity index (χ2n) is 10.6. The largest absolute Gasteiger partial charge is 0.493 e. The minimum absolute atomic E-state index is 0.0836. The molecule has 5 rings (SSSR count). The highest BCUT2D eigenvalue weighted by Gasteiger charge is 2.33. The summed E-state index contributed by atoms with van der Waals surface area (Å²) >= 11 is 0. The first-order valence-electron chi connectivity index (χ1n) is 14.7. The molecular formula is C30H38FN7O6. The van der Waals surface area contributed by atoms with Crippen LogP contribution in [-0.4, -0.2) is 115 Å². The molecule has 14 heteroatoms. The van der Waals surface area contributed by atoms with Gasteiger partial charge in [-0.05, 0) is 54.0 Å². The van der Waals surface area contributed by atoms with Gasteiger partial charge in [0, 0.05) is 44.9 Å². The first-order valence-corrected chi connectivity index (χ1v) is 14.7. The molecule has 0 spiro atoms. The molecule has 0 aliphatic carbocycles. The molecule has 2 saturated heterocycles. The molecule has 0 radical (unpaired) electrons. The van der Waals surface area contributed by atoms with Gasteiger partial charge in [-0.1, -0.05) is 12.1 Å². The fraction of sp³-hybridized carbons (Fsp3) is 0.500. The Bertz CT molecular complexity index is 1390. The summed E-state index contributed by atoms with van der Waals surface area (Å²) in [6, 6.07) is 9.84. The first kappa shape index (κ1) is 31.3. The quantitative estimate of drug-likeness (QED) is 0.305. The molecule has 2 aromatic carbocycles. The molecule has 2 aliphatic rings.